The third-order valence-corrected chi connectivity index (χ3v) is 4.07. The van der Waals surface area contributed by atoms with Gasteiger partial charge in [0.2, 0.25) is 0 Å². The van der Waals surface area contributed by atoms with Crippen molar-refractivity contribution in [2.24, 2.45) is 0 Å². The van der Waals surface area contributed by atoms with Crippen LogP contribution in [0.2, 0.25) is 0 Å². The van der Waals surface area contributed by atoms with Crippen molar-refractivity contribution in [3.8, 4) is 0 Å². The molecule has 3 rings (SSSR count). The Morgan fingerprint density at radius 1 is 1.09 bits per heavy atom. The highest BCUT2D eigenvalue weighted by atomic mass is 16.2. The number of piperazine rings is 1. The van der Waals surface area contributed by atoms with Crippen molar-refractivity contribution in [3.63, 3.8) is 0 Å². The van der Waals surface area contributed by atoms with Gasteiger partial charge in [0.1, 0.15) is 5.69 Å². The van der Waals surface area contributed by atoms with Crippen LogP contribution in [0.1, 0.15) is 21.0 Å². The minimum atomic E-state index is -0.259. The minimum Gasteiger partial charge on any atom is -0.369 e. The zero-order valence-electron chi connectivity index (χ0n) is 13.1. The number of aldehydes is 1. The molecule has 0 radical (unpaired) electrons. The topological polar surface area (TPSA) is 68.4 Å². The van der Waals surface area contributed by atoms with Gasteiger partial charge in [0, 0.05) is 37.6 Å². The van der Waals surface area contributed by atoms with Crippen molar-refractivity contribution in [2.45, 2.75) is 0 Å². The lowest BCUT2D eigenvalue weighted by Crippen LogP contribution is -2.44. The molecule has 120 valence electrons. The van der Waals surface area contributed by atoms with Gasteiger partial charge in [0.05, 0.1) is 5.69 Å². The molecule has 1 aromatic carbocycles. The molecule has 2 N–H and O–H groups in total. The molecule has 0 unspecified atom stereocenters. The van der Waals surface area contributed by atoms with Crippen LogP contribution >= 0.6 is 0 Å². The summed E-state index contributed by atoms with van der Waals surface area (Å²) in [6.45, 7) is 4.15. The highest BCUT2D eigenvalue weighted by Crippen LogP contribution is 2.19. The number of likely N-dealkylation sites (N-methyl/N-ethyl adjacent to an activating group) is 1. The second kappa shape index (κ2) is 6.66. The van der Waals surface area contributed by atoms with Crippen LogP contribution in [0.25, 0.3) is 0 Å². The molecule has 1 fully saturated rings. The van der Waals surface area contributed by atoms with Crippen LogP contribution in [0.4, 0.5) is 11.4 Å². The molecule has 23 heavy (non-hydrogen) atoms. The van der Waals surface area contributed by atoms with Crippen LogP contribution in [0, 0.1) is 0 Å². The third-order valence-electron chi connectivity index (χ3n) is 4.07. The Morgan fingerprint density at radius 2 is 1.78 bits per heavy atom. The highest BCUT2D eigenvalue weighted by Gasteiger charge is 2.14. The molecule has 1 saturated heterocycles. The number of aromatic amines is 1. The molecule has 2 heterocycles. The van der Waals surface area contributed by atoms with Gasteiger partial charge >= 0.3 is 0 Å². The van der Waals surface area contributed by atoms with E-state index in [1.54, 1.807) is 12.1 Å². The van der Waals surface area contributed by atoms with Gasteiger partial charge in [0.15, 0.2) is 6.29 Å². The van der Waals surface area contributed by atoms with Crippen LogP contribution in [0.15, 0.2) is 36.4 Å². The minimum absolute atomic E-state index is 0.259. The number of anilines is 2. The Labute approximate surface area is 135 Å². The number of hydrogen-bond donors (Lipinski definition) is 2. The smallest absolute Gasteiger partial charge is 0.272 e. The Morgan fingerprint density at radius 3 is 2.39 bits per heavy atom. The highest BCUT2D eigenvalue weighted by molar-refractivity contribution is 6.03. The Hall–Kier alpha value is -2.60. The molecule has 0 atom stereocenters. The van der Waals surface area contributed by atoms with Crippen LogP contribution < -0.4 is 10.2 Å². The van der Waals surface area contributed by atoms with Crippen molar-refractivity contribution >= 4 is 23.6 Å². The molecule has 2 aromatic rings. The van der Waals surface area contributed by atoms with Crippen molar-refractivity contribution < 1.29 is 9.59 Å². The maximum Gasteiger partial charge on any atom is 0.272 e. The number of rotatable bonds is 4. The van der Waals surface area contributed by atoms with Gasteiger partial charge in [-0.25, -0.2) is 0 Å². The molecular weight excluding hydrogens is 292 g/mol. The standard InChI is InChI=1S/C17H20N4O2/c1-20-8-10-21(11-9-20)15-5-2-13(3-6-15)19-17(23)16-7-4-14(12-22)18-16/h2-7,12,18H,8-11H2,1H3,(H,19,23). The second-order valence-corrected chi connectivity index (χ2v) is 5.74. The maximum atomic E-state index is 12.1. The molecule has 1 aliphatic heterocycles. The van der Waals surface area contributed by atoms with Gasteiger partial charge in [-0.3, -0.25) is 9.59 Å². The van der Waals surface area contributed by atoms with E-state index in [0.29, 0.717) is 17.7 Å². The lowest BCUT2D eigenvalue weighted by atomic mass is 10.2. The van der Waals surface area contributed by atoms with Crippen LogP contribution in [0.5, 0.6) is 0 Å². The summed E-state index contributed by atoms with van der Waals surface area (Å²) in [4.78, 5) is 30.1. The van der Waals surface area contributed by atoms with Crippen molar-refractivity contribution in [2.75, 3.05) is 43.4 Å². The van der Waals surface area contributed by atoms with E-state index < -0.39 is 0 Å². The monoisotopic (exact) mass is 312 g/mol. The number of carbonyl (C=O) groups excluding carboxylic acids is 2. The van der Waals surface area contributed by atoms with Gasteiger partial charge in [-0.15, -0.1) is 0 Å². The quantitative estimate of drug-likeness (QED) is 0.845. The SMILES string of the molecule is CN1CCN(c2ccc(NC(=O)c3ccc(C=O)[nH]3)cc2)CC1. The number of hydrogen-bond acceptors (Lipinski definition) is 4. The van der Waals surface area contributed by atoms with E-state index in [-0.39, 0.29) is 5.91 Å². The first-order valence-electron chi connectivity index (χ1n) is 7.65. The molecule has 1 aromatic heterocycles. The first-order valence-corrected chi connectivity index (χ1v) is 7.65. The summed E-state index contributed by atoms with van der Waals surface area (Å²) in [5.41, 5.74) is 2.66. The van der Waals surface area contributed by atoms with Gasteiger partial charge in [-0.05, 0) is 43.4 Å². The van der Waals surface area contributed by atoms with Gasteiger partial charge in [-0.1, -0.05) is 0 Å². The molecular formula is C17H20N4O2. The number of benzene rings is 1. The lowest BCUT2D eigenvalue weighted by molar-refractivity contribution is 0.102. The summed E-state index contributed by atoms with van der Waals surface area (Å²) < 4.78 is 0. The largest absolute Gasteiger partial charge is 0.369 e. The summed E-state index contributed by atoms with van der Waals surface area (Å²) in [6.07, 6.45) is 0.682. The fourth-order valence-electron chi connectivity index (χ4n) is 2.63. The number of nitrogens with zero attached hydrogens (tertiary/aromatic N) is 2. The molecule has 1 amide bonds. The molecule has 6 heteroatoms. The summed E-state index contributed by atoms with van der Waals surface area (Å²) in [6, 6.07) is 11.0. The maximum absolute atomic E-state index is 12.1. The average molecular weight is 312 g/mol. The van der Waals surface area contributed by atoms with E-state index in [2.05, 4.69) is 27.1 Å². The Bertz CT molecular complexity index is 685. The van der Waals surface area contributed by atoms with Gasteiger partial charge in [-0.2, -0.15) is 0 Å². The number of carbonyl (C=O) groups is 2. The van der Waals surface area contributed by atoms with Crippen molar-refractivity contribution in [1.82, 2.24) is 9.88 Å². The molecule has 0 saturated carbocycles. The average Bonchev–Trinajstić information content (AvgIpc) is 3.06. The fraction of sp³-hybridized carbons (Fsp3) is 0.294. The third kappa shape index (κ3) is 3.60. The normalized spacial score (nSPS) is 15.4. The summed E-state index contributed by atoms with van der Waals surface area (Å²) >= 11 is 0. The van der Waals surface area contributed by atoms with Gasteiger partial charge in [0.25, 0.3) is 5.91 Å². The van der Waals surface area contributed by atoms with Crippen LogP contribution in [-0.2, 0) is 0 Å². The summed E-state index contributed by atoms with van der Waals surface area (Å²) in [7, 11) is 2.13. The van der Waals surface area contributed by atoms with E-state index in [1.165, 1.54) is 5.69 Å². The van der Waals surface area contributed by atoms with Crippen molar-refractivity contribution in [3.05, 3.63) is 47.8 Å². The second-order valence-electron chi connectivity index (χ2n) is 5.74. The predicted molar refractivity (Wildman–Crippen MR) is 90.3 cm³/mol. The molecule has 0 spiro atoms. The zero-order chi connectivity index (χ0) is 16.2. The summed E-state index contributed by atoms with van der Waals surface area (Å²) in [5, 5.41) is 2.82. The van der Waals surface area contributed by atoms with E-state index in [9.17, 15) is 9.59 Å². The first kappa shape index (κ1) is 15.3. The van der Waals surface area contributed by atoms with Crippen molar-refractivity contribution in [1.29, 1.82) is 0 Å². The molecule has 0 aliphatic carbocycles. The first-order chi connectivity index (χ1) is 11.2. The van der Waals surface area contributed by atoms with E-state index >= 15 is 0 Å². The van der Waals surface area contributed by atoms with E-state index in [0.717, 1.165) is 31.9 Å². The Balaban J connectivity index is 1.63. The summed E-state index contributed by atoms with van der Waals surface area (Å²) in [5.74, 6) is -0.259. The van der Waals surface area contributed by atoms with E-state index in [1.807, 2.05) is 24.3 Å². The van der Waals surface area contributed by atoms with Gasteiger partial charge < -0.3 is 20.1 Å². The molecule has 0 bridgehead atoms. The lowest BCUT2D eigenvalue weighted by Gasteiger charge is -2.34. The van der Waals surface area contributed by atoms with E-state index in [4.69, 9.17) is 0 Å². The molecule has 1 aliphatic rings. The number of H-pyrrole nitrogens is 1. The fourth-order valence-corrected chi connectivity index (χ4v) is 2.63. The van der Waals surface area contributed by atoms with Crippen LogP contribution in [-0.4, -0.2) is 55.3 Å². The number of amides is 1. The Kier molecular flexibility index (Phi) is 4.43. The molecule has 6 nitrogen and oxygen atoms in total. The van der Waals surface area contributed by atoms with Crippen LogP contribution in [0.3, 0.4) is 0 Å². The zero-order valence-corrected chi connectivity index (χ0v) is 13.1. The number of nitrogens with one attached hydrogen (secondary N) is 2. The predicted octanol–water partition coefficient (Wildman–Crippen LogP) is 1.83. The number of aromatic nitrogens is 1.